The van der Waals surface area contributed by atoms with Gasteiger partial charge in [-0.1, -0.05) is 18.2 Å². The van der Waals surface area contributed by atoms with Crippen molar-refractivity contribution in [3.8, 4) is 0 Å². The molecule has 0 spiro atoms. The number of benzene rings is 1. The summed E-state index contributed by atoms with van der Waals surface area (Å²) in [5.41, 5.74) is 5.07. The Morgan fingerprint density at radius 1 is 1.24 bits per heavy atom. The van der Waals surface area contributed by atoms with Crippen LogP contribution in [0.2, 0.25) is 0 Å². The monoisotopic (exact) mass is 300 g/mol. The van der Waals surface area contributed by atoms with Gasteiger partial charge in [-0.3, -0.25) is 4.79 Å². The number of rotatable bonds is 4. The van der Waals surface area contributed by atoms with Gasteiger partial charge in [0, 0.05) is 19.6 Å². The summed E-state index contributed by atoms with van der Waals surface area (Å²) in [4.78, 5) is 14.0. The highest BCUT2D eigenvalue weighted by Gasteiger charge is 2.34. The number of carbonyl (C=O) groups is 1. The summed E-state index contributed by atoms with van der Waals surface area (Å²) in [6.07, 6.45) is -2.49. The first-order chi connectivity index (χ1) is 9.93. The normalized spacial score (nSPS) is 17.0. The summed E-state index contributed by atoms with van der Waals surface area (Å²) in [7, 11) is 0. The topological polar surface area (TPSA) is 46.3 Å². The van der Waals surface area contributed by atoms with Crippen LogP contribution in [0.25, 0.3) is 0 Å². The zero-order chi connectivity index (χ0) is 15.5. The SMILES string of the molecule is NCC(Cc1ccccc1C(F)(F)F)C(=O)N1CCCC1. The number of amides is 1. The van der Waals surface area contributed by atoms with Crippen molar-refractivity contribution < 1.29 is 18.0 Å². The maximum absolute atomic E-state index is 13.0. The Kier molecular flexibility index (Phi) is 4.88. The molecule has 1 saturated heterocycles. The Labute approximate surface area is 121 Å². The van der Waals surface area contributed by atoms with Gasteiger partial charge < -0.3 is 10.6 Å². The van der Waals surface area contributed by atoms with Crippen LogP contribution in [0.4, 0.5) is 13.2 Å². The third kappa shape index (κ3) is 3.75. The molecule has 2 N–H and O–H groups in total. The molecule has 6 heteroatoms. The third-order valence-corrected chi connectivity index (χ3v) is 3.84. The number of nitrogens with zero attached hydrogens (tertiary/aromatic N) is 1. The van der Waals surface area contributed by atoms with E-state index in [0.29, 0.717) is 13.1 Å². The molecular formula is C15H19F3N2O. The van der Waals surface area contributed by atoms with E-state index in [-0.39, 0.29) is 24.4 Å². The minimum absolute atomic E-state index is 0.0293. The zero-order valence-electron chi connectivity index (χ0n) is 11.7. The van der Waals surface area contributed by atoms with Crippen LogP contribution in [0.1, 0.15) is 24.0 Å². The maximum Gasteiger partial charge on any atom is 0.416 e. The fourth-order valence-corrected chi connectivity index (χ4v) is 2.71. The van der Waals surface area contributed by atoms with Crippen molar-refractivity contribution in [1.82, 2.24) is 4.90 Å². The lowest BCUT2D eigenvalue weighted by atomic mass is 9.94. The summed E-state index contributed by atoms with van der Waals surface area (Å²) in [6.45, 7) is 1.41. The third-order valence-electron chi connectivity index (χ3n) is 3.84. The lowest BCUT2D eigenvalue weighted by Crippen LogP contribution is -2.38. The lowest BCUT2D eigenvalue weighted by molar-refractivity contribution is -0.139. The smallest absolute Gasteiger partial charge is 0.342 e. The van der Waals surface area contributed by atoms with Crippen LogP contribution in [-0.2, 0) is 17.4 Å². The van der Waals surface area contributed by atoms with Crippen molar-refractivity contribution in [2.24, 2.45) is 11.7 Å². The molecule has 1 atom stereocenters. The van der Waals surface area contributed by atoms with E-state index in [0.717, 1.165) is 18.9 Å². The van der Waals surface area contributed by atoms with E-state index in [1.807, 2.05) is 0 Å². The largest absolute Gasteiger partial charge is 0.416 e. The first-order valence-electron chi connectivity index (χ1n) is 7.07. The minimum atomic E-state index is -4.41. The quantitative estimate of drug-likeness (QED) is 0.928. The average Bonchev–Trinajstić information content (AvgIpc) is 2.97. The van der Waals surface area contributed by atoms with Crippen molar-refractivity contribution in [3.63, 3.8) is 0 Å². The molecule has 1 fully saturated rings. The van der Waals surface area contributed by atoms with Gasteiger partial charge in [-0.25, -0.2) is 0 Å². The van der Waals surface area contributed by atoms with Crippen molar-refractivity contribution in [1.29, 1.82) is 0 Å². The highest BCUT2D eigenvalue weighted by Crippen LogP contribution is 2.33. The van der Waals surface area contributed by atoms with Crippen molar-refractivity contribution >= 4 is 5.91 Å². The van der Waals surface area contributed by atoms with Crippen molar-refractivity contribution in [2.75, 3.05) is 19.6 Å². The first-order valence-corrected chi connectivity index (χ1v) is 7.07. The van der Waals surface area contributed by atoms with Crippen molar-refractivity contribution in [3.05, 3.63) is 35.4 Å². The van der Waals surface area contributed by atoms with E-state index in [1.54, 1.807) is 11.0 Å². The van der Waals surface area contributed by atoms with E-state index in [1.165, 1.54) is 12.1 Å². The van der Waals surface area contributed by atoms with E-state index < -0.39 is 17.7 Å². The highest BCUT2D eigenvalue weighted by molar-refractivity contribution is 5.79. The first kappa shape index (κ1) is 15.8. The Morgan fingerprint density at radius 2 is 1.86 bits per heavy atom. The van der Waals surface area contributed by atoms with Crippen LogP contribution in [0.5, 0.6) is 0 Å². The molecule has 1 amide bonds. The highest BCUT2D eigenvalue weighted by atomic mass is 19.4. The van der Waals surface area contributed by atoms with Gasteiger partial charge in [-0.2, -0.15) is 13.2 Å². The Morgan fingerprint density at radius 3 is 2.43 bits per heavy atom. The van der Waals surface area contributed by atoms with Crippen LogP contribution in [-0.4, -0.2) is 30.4 Å². The fourth-order valence-electron chi connectivity index (χ4n) is 2.71. The molecule has 116 valence electrons. The summed E-state index contributed by atoms with van der Waals surface area (Å²) < 4.78 is 38.9. The van der Waals surface area contributed by atoms with Crippen LogP contribution in [0.15, 0.2) is 24.3 Å². The lowest BCUT2D eigenvalue weighted by Gasteiger charge is -2.23. The van der Waals surface area contributed by atoms with E-state index in [2.05, 4.69) is 0 Å². The number of hydrogen-bond donors (Lipinski definition) is 1. The molecule has 3 nitrogen and oxygen atoms in total. The summed E-state index contributed by atoms with van der Waals surface area (Å²) in [5.74, 6) is -0.724. The van der Waals surface area contributed by atoms with E-state index in [9.17, 15) is 18.0 Å². The molecule has 0 aliphatic carbocycles. The van der Waals surface area contributed by atoms with Gasteiger partial charge in [-0.15, -0.1) is 0 Å². The number of carbonyl (C=O) groups excluding carboxylic acids is 1. The second-order valence-corrected chi connectivity index (χ2v) is 5.32. The molecule has 0 bridgehead atoms. The van der Waals surface area contributed by atoms with Gasteiger partial charge in [0.2, 0.25) is 5.91 Å². The zero-order valence-corrected chi connectivity index (χ0v) is 11.7. The standard InChI is InChI=1S/C15H19F3N2O/c16-15(17,18)13-6-2-1-5-11(13)9-12(10-19)14(21)20-7-3-4-8-20/h1-2,5-6,12H,3-4,7-10,19H2. The molecule has 1 heterocycles. The second-order valence-electron chi connectivity index (χ2n) is 5.32. The van der Waals surface area contributed by atoms with Gasteiger partial charge in [0.15, 0.2) is 0 Å². The Bertz CT molecular complexity index is 496. The second kappa shape index (κ2) is 6.47. The molecule has 0 saturated carbocycles. The number of hydrogen-bond acceptors (Lipinski definition) is 2. The molecule has 1 aliphatic rings. The number of halogens is 3. The van der Waals surface area contributed by atoms with Gasteiger partial charge in [-0.05, 0) is 30.9 Å². The van der Waals surface area contributed by atoms with E-state index >= 15 is 0 Å². The maximum atomic E-state index is 13.0. The molecule has 0 aromatic heterocycles. The van der Waals surface area contributed by atoms with Crippen molar-refractivity contribution in [2.45, 2.75) is 25.4 Å². The molecule has 2 rings (SSSR count). The summed E-state index contributed by atoms with van der Waals surface area (Å²) in [5, 5.41) is 0. The van der Waals surface area contributed by atoms with Crippen LogP contribution in [0, 0.1) is 5.92 Å². The summed E-state index contributed by atoms with van der Waals surface area (Å²) in [6, 6.07) is 5.37. The van der Waals surface area contributed by atoms with E-state index in [4.69, 9.17) is 5.73 Å². The van der Waals surface area contributed by atoms with Gasteiger partial charge in [0.05, 0.1) is 11.5 Å². The Hall–Kier alpha value is -1.56. The molecule has 1 unspecified atom stereocenters. The fraction of sp³-hybridized carbons (Fsp3) is 0.533. The molecule has 21 heavy (non-hydrogen) atoms. The molecule has 1 aromatic rings. The molecular weight excluding hydrogens is 281 g/mol. The number of likely N-dealkylation sites (tertiary alicyclic amines) is 1. The number of alkyl halides is 3. The summed E-state index contributed by atoms with van der Waals surface area (Å²) >= 11 is 0. The van der Waals surface area contributed by atoms with Crippen LogP contribution < -0.4 is 5.73 Å². The molecule has 1 aromatic carbocycles. The minimum Gasteiger partial charge on any atom is -0.342 e. The number of nitrogens with two attached hydrogens (primary N) is 1. The van der Waals surface area contributed by atoms with Crippen LogP contribution in [0.3, 0.4) is 0 Å². The van der Waals surface area contributed by atoms with Crippen LogP contribution >= 0.6 is 0 Å². The van der Waals surface area contributed by atoms with Gasteiger partial charge in [0.1, 0.15) is 0 Å². The predicted molar refractivity (Wildman–Crippen MR) is 73.5 cm³/mol. The molecule has 1 aliphatic heterocycles. The molecule has 0 radical (unpaired) electrons. The average molecular weight is 300 g/mol. The predicted octanol–water partition coefficient (Wildman–Crippen LogP) is 2.45. The van der Waals surface area contributed by atoms with Gasteiger partial charge >= 0.3 is 6.18 Å². The Balaban J connectivity index is 2.17. The van der Waals surface area contributed by atoms with Gasteiger partial charge in [0.25, 0.3) is 0 Å².